The van der Waals surface area contributed by atoms with E-state index in [-0.39, 0.29) is 17.7 Å². The minimum atomic E-state index is -0.627. The van der Waals surface area contributed by atoms with Gasteiger partial charge in [-0.15, -0.1) is 0 Å². The van der Waals surface area contributed by atoms with Crippen molar-refractivity contribution < 1.29 is 9.59 Å². The highest BCUT2D eigenvalue weighted by Gasteiger charge is 2.33. The van der Waals surface area contributed by atoms with Gasteiger partial charge < -0.3 is 10.6 Å². The number of hydrogen-bond acceptors (Lipinski definition) is 5. The van der Waals surface area contributed by atoms with E-state index in [1.54, 1.807) is 23.1 Å². The molecule has 1 saturated carbocycles. The van der Waals surface area contributed by atoms with Gasteiger partial charge in [0.05, 0.1) is 23.3 Å². The van der Waals surface area contributed by atoms with Crippen LogP contribution in [0.3, 0.4) is 0 Å². The van der Waals surface area contributed by atoms with Gasteiger partial charge in [-0.2, -0.15) is 10.2 Å². The Hall–Kier alpha value is -3.49. The molecular weight excluding hydrogens is 430 g/mol. The van der Waals surface area contributed by atoms with Crippen LogP contribution in [-0.4, -0.2) is 42.8 Å². The summed E-state index contributed by atoms with van der Waals surface area (Å²) in [6.07, 6.45) is 7.17. The highest BCUT2D eigenvalue weighted by Crippen LogP contribution is 2.31. The van der Waals surface area contributed by atoms with E-state index >= 15 is 0 Å². The van der Waals surface area contributed by atoms with Gasteiger partial charge >= 0.3 is 0 Å². The van der Waals surface area contributed by atoms with Crippen molar-refractivity contribution >= 4 is 17.5 Å². The van der Waals surface area contributed by atoms with E-state index in [1.807, 2.05) is 32.9 Å². The largest absolute Gasteiger partial charge is 0.339 e. The fourth-order valence-corrected chi connectivity index (χ4v) is 4.77. The Kier molecular flexibility index (Phi) is 7.09. The smallest absolute Gasteiger partial charge is 0.270 e. The molecule has 0 radical (unpaired) electrons. The van der Waals surface area contributed by atoms with Crippen LogP contribution in [0.1, 0.15) is 61.4 Å². The summed E-state index contributed by atoms with van der Waals surface area (Å²) in [5, 5.41) is 17.3. The molecule has 3 heterocycles. The third kappa shape index (κ3) is 5.03. The van der Waals surface area contributed by atoms with Crippen LogP contribution in [0, 0.1) is 25.7 Å². The summed E-state index contributed by atoms with van der Waals surface area (Å²) >= 11 is 0. The fraction of sp³-hybridized carbons (Fsp3) is 0.480. The number of aryl methyl sites for hydroxylation is 3. The summed E-state index contributed by atoms with van der Waals surface area (Å²) in [5.74, 6) is 0.226. The van der Waals surface area contributed by atoms with Crippen LogP contribution in [0.25, 0.3) is 11.3 Å². The molecule has 1 atom stereocenters. The van der Waals surface area contributed by atoms with E-state index in [0.717, 1.165) is 48.3 Å². The van der Waals surface area contributed by atoms with Crippen molar-refractivity contribution in [3.8, 4) is 11.3 Å². The molecule has 0 saturated heterocycles. The molecule has 1 fully saturated rings. The number of H-pyrrole nitrogens is 1. The Bertz CT molecular complexity index is 1120. The number of amides is 2. The molecule has 0 aliphatic heterocycles. The number of nitrogens with one attached hydrogen (secondary N) is 3. The summed E-state index contributed by atoms with van der Waals surface area (Å²) in [4.78, 5) is 30.9. The van der Waals surface area contributed by atoms with E-state index in [9.17, 15) is 9.59 Å². The molecule has 3 N–H and O–H groups in total. The fourth-order valence-electron chi connectivity index (χ4n) is 4.77. The van der Waals surface area contributed by atoms with Gasteiger partial charge in [0.2, 0.25) is 5.91 Å². The lowest BCUT2D eigenvalue weighted by molar-refractivity contribution is -0.119. The van der Waals surface area contributed by atoms with Crippen molar-refractivity contribution in [1.82, 2.24) is 30.3 Å². The van der Waals surface area contributed by atoms with Crippen molar-refractivity contribution in [3.05, 3.63) is 47.7 Å². The third-order valence-corrected chi connectivity index (χ3v) is 6.76. The Morgan fingerprint density at radius 3 is 2.56 bits per heavy atom. The van der Waals surface area contributed by atoms with Gasteiger partial charge in [-0.05, 0) is 63.6 Å². The summed E-state index contributed by atoms with van der Waals surface area (Å²) in [5.41, 5.74) is 4.63. The Balaban J connectivity index is 1.51. The number of anilines is 1. The maximum Gasteiger partial charge on any atom is 0.270 e. The Morgan fingerprint density at radius 1 is 1.18 bits per heavy atom. The van der Waals surface area contributed by atoms with Gasteiger partial charge in [0, 0.05) is 24.0 Å². The van der Waals surface area contributed by atoms with Crippen LogP contribution >= 0.6 is 0 Å². The molecule has 9 nitrogen and oxygen atoms in total. The van der Waals surface area contributed by atoms with Gasteiger partial charge in [0.15, 0.2) is 0 Å². The van der Waals surface area contributed by atoms with Crippen LogP contribution < -0.4 is 10.6 Å². The van der Waals surface area contributed by atoms with Crippen molar-refractivity contribution in [1.29, 1.82) is 0 Å². The lowest BCUT2D eigenvalue weighted by Gasteiger charge is -2.32. The molecule has 3 aromatic rings. The minimum absolute atomic E-state index is 0.0848. The summed E-state index contributed by atoms with van der Waals surface area (Å²) in [6.45, 7) is 8.63. The summed E-state index contributed by atoms with van der Waals surface area (Å²) < 4.78 is 1.63. The number of carbonyl (C=O) groups is 2. The molecule has 1 aliphatic rings. The zero-order valence-corrected chi connectivity index (χ0v) is 20.3. The summed E-state index contributed by atoms with van der Waals surface area (Å²) in [6, 6.07) is 4.76. The molecule has 1 aliphatic carbocycles. The second-order valence-corrected chi connectivity index (χ2v) is 9.23. The number of nitrogens with zero attached hydrogens (tertiary/aromatic N) is 4. The average molecular weight is 464 g/mol. The van der Waals surface area contributed by atoms with Crippen LogP contribution in [0.2, 0.25) is 0 Å². The highest BCUT2D eigenvalue weighted by molar-refractivity contribution is 6.00. The van der Waals surface area contributed by atoms with E-state index in [1.165, 1.54) is 0 Å². The third-order valence-electron chi connectivity index (χ3n) is 6.76. The maximum atomic E-state index is 13.4. The Labute approximate surface area is 199 Å². The lowest BCUT2D eigenvalue weighted by atomic mass is 9.79. The number of aromatic nitrogens is 5. The van der Waals surface area contributed by atoms with Crippen LogP contribution in [-0.2, 0) is 11.3 Å². The molecular formula is C25H33N7O2. The molecule has 9 heteroatoms. The van der Waals surface area contributed by atoms with Gasteiger partial charge in [-0.3, -0.25) is 24.4 Å². The monoisotopic (exact) mass is 463 g/mol. The highest BCUT2D eigenvalue weighted by atomic mass is 16.2. The molecule has 0 spiro atoms. The van der Waals surface area contributed by atoms with Crippen molar-refractivity contribution in [2.24, 2.45) is 11.8 Å². The van der Waals surface area contributed by atoms with E-state index < -0.39 is 6.04 Å². The maximum absolute atomic E-state index is 13.4. The summed E-state index contributed by atoms with van der Waals surface area (Å²) in [7, 11) is 0. The van der Waals surface area contributed by atoms with Crippen molar-refractivity contribution in [2.75, 3.05) is 5.32 Å². The van der Waals surface area contributed by atoms with Gasteiger partial charge in [-0.1, -0.05) is 19.8 Å². The number of hydrogen-bond donors (Lipinski definition) is 3. The second-order valence-electron chi connectivity index (χ2n) is 9.23. The predicted molar refractivity (Wildman–Crippen MR) is 130 cm³/mol. The van der Waals surface area contributed by atoms with Gasteiger partial charge in [-0.25, -0.2) is 0 Å². The van der Waals surface area contributed by atoms with E-state index in [2.05, 4.69) is 37.8 Å². The first kappa shape index (κ1) is 23.7. The zero-order valence-electron chi connectivity index (χ0n) is 20.3. The molecule has 3 aromatic heterocycles. The van der Waals surface area contributed by atoms with Crippen LogP contribution in [0.15, 0.2) is 30.6 Å². The SMILES string of the molecule is CCn1nccc1C(=O)N[C@H](C(=O)Nc1ccc(-c2c(C)n[nH]c2C)nc1)C1CCC(C)CC1. The quantitative estimate of drug-likeness (QED) is 0.492. The van der Waals surface area contributed by atoms with E-state index in [4.69, 9.17) is 0 Å². The van der Waals surface area contributed by atoms with Crippen LogP contribution in [0.5, 0.6) is 0 Å². The molecule has 34 heavy (non-hydrogen) atoms. The average Bonchev–Trinajstić information content (AvgIpc) is 3.45. The van der Waals surface area contributed by atoms with E-state index in [0.29, 0.717) is 23.8 Å². The molecule has 0 bridgehead atoms. The van der Waals surface area contributed by atoms with Gasteiger partial charge in [0.25, 0.3) is 5.91 Å². The standard InChI is InChI=1S/C25H33N7O2/c1-5-32-21(12-13-27-32)24(33)29-23(18-8-6-15(2)7-9-18)25(34)28-19-10-11-20(26-14-19)22-16(3)30-31-17(22)4/h10-15,18,23H,5-9H2,1-4H3,(H,28,34)(H,29,33)(H,30,31)/t15?,18?,23-/m0/s1. The molecule has 0 unspecified atom stereocenters. The topological polar surface area (TPSA) is 118 Å². The molecule has 180 valence electrons. The first-order chi connectivity index (χ1) is 16.4. The predicted octanol–water partition coefficient (Wildman–Crippen LogP) is 3.87. The van der Waals surface area contributed by atoms with Crippen molar-refractivity contribution in [3.63, 3.8) is 0 Å². The molecule has 4 rings (SSSR count). The van der Waals surface area contributed by atoms with Crippen molar-refractivity contribution in [2.45, 2.75) is 66.0 Å². The number of carbonyl (C=O) groups excluding carboxylic acids is 2. The number of rotatable bonds is 7. The normalized spacial score (nSPS) is 18.9. The number of aromatic amines is 1. The Morgan fingerprint density at radius 2 is 1.94 bits per heavy atom. The first-order valence-corrected chi connectivity index (χ1v) is 12.0. The van der Waals surface area contributed by atoms with Crippen LogP contribution in [0.4, 0.5) is 5.69 Å². The zero-order chi connectivity index (χ0) is 24.2. The number of pyridine rings is 1. The molecule has 0 aromatic carbocycles. The minimum Gasteiger partial charge on any atom is -0.339 e. The molecule has 2 amide bonds. The van der Waals surface area contributed by atoms with Gasteiger partial charge in [0.1, 0.15) is 11.7 Å². The lowest BCUT2D eigenvalue weighted by Crippen LogP contribution is -2.49. The second kappa shape index (κ2) is 10.2. The first-order valence-electron chi connectivity index (χ1n) is 12.0.